The SMILES string of the molecule is C=C(C)C(=O)OCCOP=O. The van der Waals surface area contributed by atoms with Crippen LogP contribution in [-0.4, -0.2) is 19.2 Å². The fourth-order valence-corrected chi connectivity index (χ4v) is 0.481. The van der Waals surface area contributed by atoms with Crippen LogP contribution in [0.4, 0.5) is 0 Å². The highest BCUT2D eigenvalue weighted by Crippen LogP contribution is 1.95. The van der Waals surface area contributed by atoms with Crippen LogP contribution in [0.15, 0.2) is 12.2 Å². The fraction of sp³-hybridized carbons (Fsp3) is 0.500. The highest BCUT2D eigenvalue weighted by molar-refractivity contribution is 7.17. The smallest absolute Gasteiger partial charge is 0.333 e. The van der Waals surface area contributed by atoms with Gasteiger partial charge in [-0.3, -0.25) is 4.52 Å². The Balaban J connectivity index is 3.31. The minimum atomic E-state index is -0.462. The van der Waals surface area contributed by atoms with Crippen LogP contribution in [0.2, 0.25) is 0 Å². The molecule has 0 amide bonds. The molecule has 0 atom stereocenters. The first-order valence-corrected chi connectivity index (χ1v) is 3.68. The van der Waals surface area contributed by atoms with Crippen molar-refractivity contribution in [3.8, 4) is 0 Å². The summed E-state index contributed by atoms with van der Waals surface area (Å²) in [7, 11) is -0.405. The Labute approximate surface area is 66.5 Å². The zero-order valence-corrected chi connectivity index (χ0v) is 7.10. The molecule has 62 valence electrons. The van der Waals surface area contributed by atoms with Crippen LogP contribution in [0.1, 0.15) is 6.92 Å². The molecule has 0 aliphatic heterocycles. The van der Waals surface area contributed by atoms with Crippen molar-refractivity contribution in [3.05, 3.63) is 12.2 Å². The molecule has 0 rings (SSSR count). The van der Waals surface area contributed by atoms with E-state index in [4.69, 9.17) is 0 Å². The third-order valence-electron chi connectivity index (χ3n) is 0.809. The van der Waals surface area contributed by atoms with Crippen molar-refractivity contribution in [2.75, 3.05) is 13.2 Å². The normalized spacial score (nSPS) is 9.55. The molecule has 0 aromatic carbocycles. The van der Waals surface area contributed by atoms with Crippen molar-refractivity contribution in [1.29, 1.82) is 0 Å². The minimum Gasteiger partial charge on any atom is -0.460 e. The predicted octanol–water partition coefficient (Wildman–Crippen LogP) is 1.33. The van der Waals surface area contributed by atoms with Gasteiger partial charge in [-0.1, -0.05) is 6.58 Å². The van der Waals surface area contributed by atoms with Crippen LogP contribution in [-0.2, 0) is 18.6 Å². The molecule has 0 heterocycles. The Kier molecular flexibility index (Phi) is 5.61. The average molecular weight is 176 g/mol. The van der Waals surface area contributed by atoms with Crippen molar-refractivity contribution in [2.45, 2.75) is 6.92 Å². The molecule has 5 heteroatoms. The lowest BCUT2D eigenvalue weighted by Gasteiger charge is -2.00. The van der Waals surface area contributed by atoms with E-state index in [9.17, 15) is 9.36 Å². The largest absolute Gasteiger partial charge is 0.460 e. The summed E-state index contributed by atoms with van der Waals surface area (Å²) in [5.41, 5.74) is 0.338. The topological polar surface area (TPSA) is 52.6 Å². The molecule has 0 fully saturated rings. The number of rotatable bonds is 5. The molecule has 0 aliphatic carbocycles. The van der Waals surface area contributed by atoms with Crippen LogP contribution in [0.5, 0.6) is 0 Å². The van der Waals surface area contributed by atoms with Gasteiger partial charge in [0.15, 0.2) is 0 Å². The Bertz CT molecular complexity index is 166. The number of hydrogen-bond acceptors (Lipinski definition) is 4. The van der Waals surface area contributed by atoms with Crippen LogP contribution < -0.4 is 0 Å². The number of carbonyl (C=O) groups excluding carboxylic acids is 1. The van der Waals surface area contributed by atoms with Gasteiger partial charge in [0.2, 0.25) is 0 Å². The molecule has 0 aromatic rings. The quantitative estimate of drug-likeness (QED) is 0.274. The maximum absolute atomic E-state index is 10.6. The number of hydrogen-bond donors (Lipinski definition) is 0. The molecule has 0 saturated carbocycles. The summed E-state index contributed by atoms with van der Waals surface area (Å²) in [4.78, 5) is 10.6. The first-order valence-electron chi connectivity index (χ1n) is 2.95. The van der Waals surface area contributed by atoms with Crippen molar-refractivity contribution in [3.63, 3.8) is 0 Å². The van der Waals surface area contributed by atoms with Crippen molar-refractivity contribution in [2.24, 2.45) is 0 Å². The molecule has 4 nitrogen and oxygen atoms in total. The zero-order chi connectivity index (χ0) is 8.69. The third-order valence-corrected chi connectivity index (χ3v) is 1.10. The first-order chi connectivity index (χ1) is 5.18. The molecular formula is C6H9O4P. The monoisotopic (exact) mass is 176 g/mol. The second kappa shape index (κ2) is 6.01. The van der Waals surface area contributed by atoms with E-state index in [1.54, 1.807) is 6.92 Å². The maximum Gasteiger partial charge on any atom is 0.333 e. The summed E-state index contributed by atoms with van der Waals surface area (Å²) >= 11 is 0. The van der Waals surface area contributed by atoms with Gasteiger partial charge >= 0.3 is 14.7 Å². The molecule has 11 heavy (non-hydrogen) atoms. The minimum absolute atomic E-state index is 0.0981. The molecular weight excluding hydrogens is 167 g/mol. The van der Waals surface area contributed by atoms with Crippen LogP contribution in [0, 0.1) is 0 Å². The molecule has 0 N–H and O–H groups in total. The highest BCUT2D eigenvalue weighted by Gasteiger charge is 2.01. The second-order valence-corrected chi connectivity index (χ2v) is 2.23. The van der Waals surface area contributed by atoms with E-state index in [1.807, 2.05) is 0 Å². The van der Waals surface area contributed by atoms with E-state index >= 15 is 0 Å². The van der Waals surface area contributed by atoms with E-state index in [-0.39, 0.29) is 13.2 Å². The van der Waals surface area contributed by atoms with Gasteiger partial charge in [-0.15, -0.1) is 0 Å². The van der Waals surface area contributed by atoms with Crippen molar-refractivity contribution in [1.82, 2.24) is 0 Å². The lowest BCUT2D eigenvalue weighted by Crippen LogP contribution is -2.08. The second-order valence-electron chi connectivity index (χ2n) is 1.82. The number of esters is 1. The van der Waals surface area contributed by atoms with E-state index in [2.05, 4.69) is 15.8 Å². The molecule has 0 aliphatic rings. The number of ether oxygens (including phenoxy) is 1. The van der Waals surface area contributed by atoms with Crippen molar-refractivity contribution < 1.29 is 18.6 Å². The summed E-state index contributed by atoms with van der Waals surface area (Å²) in [6.07, 6.45) is 0. The van der Waals surface area contributed by atoms with Gasteiger partial charge in [0.25, 0.3) is 0 Å². The Morgan fingerprint density at radius 1 is 1.55 bits per heavy atom. The molecule has 0 bridgehead atoms. The lowest BCUT2D eigenvalue weighted by atomic mass is 10.4. The van der Waals surface area contributed by atoms with Crippen LogP contribution in [0.25, 0.3) is 0 Å². The van der Waals surface area contributed by atoms with Crippen LogP contribution in [0.3, 0.4) is 0 Å². The first kappa shape index (κ1) is 10.3. The Hall–Kier alpha value is -0.730. The van der Waals surface area contributed by atoms with Crippen LogP contribution >= 0.6 is 8.69 Å². The van der Waals surface area contributed by atoms with E-state index < -0.39 is 14.7 Å². The summed E-state index contributed by atoms with van der Waals surface area (Å²) in [5.74, 6) is -0.462. The Morgan fingerprint density at radius 2 is 2.18 bits per heavy atom. The van der Waals surface area contributed by atoms with Gasteiger partial charge in [-0.25, -0.2) is 9.36 Å². The molecule has 0 radical (unpaired) electrons. The fourth-order valence-electron chi connectivity index (χ4n) is 0.332. The third kappa shape index (κ3) is 5.70. The standard InChI is InChI=1S/C6H9O4P/c1-5(2)6(7)9-3-4-10-11-8/h1,3-4H2,2H3. The van der Waals surface area contributed by atoms with Gasteiger partial charge in [0.05, 0.1) is 6.61 Å². The molecule has 0 spiro atoms. The summed E-state index contributed by atoms with van der Waals surface area (Å²) in [6, 6.07) is 0. The van der Waals surface area contributed by atoms with E-state index in [0.29, 0.717) is 5.57 Å². The predicted molar refractivity (Wildman–Crippen MR) is 39.3 cm³/mol. The lowest BCUT2D eigenvalue weighted by molar-refractivity contribution is -0.139. The number of carbonyl (C=O) groups is 1. The summed E-state index contributed by atoms with van der Waals surface area (Å²) in [6.45, 7) is 5.15. The van der Waals surface area contributed by atoms with E-state index in [0.717, 1.165) is 0 Å². The zero-order valence-electron chi connectivity index (χ0n) is 6.20. The van der Waals surface area contributed by atoms with Gasteiger partial charge < -0.3 is 4.74 Å². The molecule has 0 saturated heterocycles. The van der Waals surface area contributed by atoms with Gasteiger partial charge in [0, 0.05) is 5.57 Å². The van der Waals surface area contributed by atoms with E-state index in [1.165, 1.54) is 0 Å². The van der Waals surface area contributed by atoms with Gasteiger partial charge in [-0.05, 0) is 6.92 Å². The van der Waals surface area contributed by atoms with Gasteiger partial charge in [0.1, 0.15) is 6.61 Å². The average Bonchev–Trinajstić information content (AvgIpc) is 1.97. The molecule has 0 unspecified atom stereocenters. The van der Waals surface area contributed by atoms with Crippen molar-refractivity contribution >= 4 is 14.7 Å². The molecule has 0 aromatic heterocycles. The summed E-state index contributed by atoms with van der Waals surface area (Å²) in [5, 5.41) is 0. The maximum atomic E-state index is 10.6. The highest BCUT2D eigenvalue weighted by atomic mass is 31.1. The van der Waals surface area contributed by atoms with Gasteiger partial charge in [-0.2, -0.15) is 0 Å². The Morgan fingerprint density at radius 3 is 2.64 bits per heavy atom. The summed E-state index contributed by atoms with van der Waals surface area (Å²) < 4.78 is 18.7.